The fourth-order valence-electron chi connectivity index (χ4n) is 2.86. The first kappa shape index (κ1) is 12.5. The lowest BCUT2D eigenvalue weighted by Gasteiger charge is -2.35. The molecule has 0 unspecified atom stereocenters. The summed E-state index contributed by atoms with van der Waals surface area (Å²) in [4.78, 5) is 2.59. The fraction of sp³-hybridized carbons (Fsp3) is 0.571. The number of phenols is 1. The molecule has 1 aromatic rings. The summed E-state index contributed by atoms with van der Waals surface area (Å²) in [5, 5.41) is 13.0. The normalized spacial score (nSPS) is 22.9. The van der Waals surface area contributed by atoms with Gasteiger partial charge in [-0.25, -0.2) is 0 Å². The van der Waals surface area contributed by atoms with Crippen molar-refractivity contribution in [3.8, 4) is 5.75 Å². The van der Waals surface area contributed by atoms with E-state index in [1.165, 1.54) is 18.4 Å². The molecule has 4 heteroatoms. The highest BCUT2D eigenvalue weighted by Crippen LogP contribution is 2.45. The number of aromatic hydroxyl groups is 1. The van der Waals surface area contributed by atoms with Crippen LogP contribution in [0.15, 0.2) is 22.7 Å². The van der Waals surface area contributed by atoms with Crippen molar-refractivity contribution in [2.24, 2.45) is 5.92 Å². The lowest BCUT2D eigenvalue weighted by atomic mass is 9.99. The van der Waals surface area contributed by atoms with E-state index in [2.05, 4.69) is 38.3 Å². The monoisotopic (exact) mass is 310 g/mol. The van der Waals surface area contributed by atoms with Gasteiger partial charge in [0.2, 0.25) is 0 Å². The molecule has 2 N–H and O–H groups in total. The molecule has 0 spiro atoms. The Kier molecular flexibility index (Phi) is 3.59. The van der Waals surface area contributed by atoms with Gasteiger partial charge < -0.3 is 10.4 Å². The molecule has 1 saturated carbocycles. The highest BCUT2D eigenvalue weighted by Gasteiger charge is 2.36. The summed E-state index contributed by atoms with van der Waals surface area (Å²) in [6, 6.07) is 6.49. The van der Waals surface area contributed by atoms with Crippen molar-refractivity contribution in [1.29, 1.82) is 0 Å². The van der Waals surface area contributed by atoms with Crippen LogP contribution in [0.2, 0.25) is 0 Å². The number of hydrogen-bond acceptors (Lipinski definition) is 3. The zero-order valence-electron chi connectivity index (χ0n) is 10.4. The molecule has 0 radical (unpaired) electrons. The summed E-state index contributed by atoms with van der Waals surface area (Å²) in [6.45, 7) is 4.42. The second-order valence-corrected chi connectivity index (χ2v) is 6.13. The maximum atomic E-state index is 9.62. The minimum absolute atomic E-state index is 0.327. The maximum Gasteiger partial charge on any atom is 0.129 e. The van der Waals surface area contributed by atoms with Crippen LogP contribution in [0.25, 0.3) is 0 Å². The van der Waals surface area contributed by atoms with Crippen molar-refractivity contribution in [3.05, 3.63) is 28.2 Å². The number of rotatable bonds is 3. The molecular formula is C14H19BrN2O. The van der Waals surface area contributed by atoms with Crippen LogP contribution in [-0.2, 0) is 0 Å². The first-order valence-electron chi connectivity index (χ1n) is 6.69. The third-order valence-corrected chi connectivity index (χ3v) is 4.56. The first-order chi connectivity index (χ1) is 8.75. The van der Waals surface area contributed by atoms with Gasteiger partial charge in [0.05, 0.1) is 4.47 Å². The third-order valence-electron chi connectivity index (χ3n) is 3.93. The van der Waals surface area contributed by atoms with Gasteiger partial charge >= 0.3 is 0 Å². The van der Waals surface area contributed by atoms with Crippen molar-refractivity contribution >= 4 is 15.9 Å². The Morgan fingerprint density at radius 3 is 2.61 bits per heavy atom. The first-order valence-corrected chi connectivity index (χ1v) is 7.48. The van der Waals surface area contributed by atoms with Gasteiger partial charge in [0.15, 0.2) is 0 Å². The topological polar surface area (TPSA) is 35.5 Å². The van der Waals surface area contributed by atoms with E-state index >= 15 is 0 Å². The van der Waals surface area contributed by atoms with Gasteiger partial charge in [-0.05, 0) is 52.4 Å². The van der Waals surface area contributed by atoms with E-state index in [4.69, 9.17) is 0 Å². The third kappa shape index (κ3) is 2.56. The predicted molar refractivity (Wildman–Crippen MR) is 75.7 cm³/mol. The molecule has 1 aromatic carbocycles. The molecular weight excluding hydrogens is 292 g/mol. The molecule has 1 atom stereocenters. The molecule has 2 aliphatic rings. The van der Waals surface area contributed by atoms with Crippen molar-refractivity contribution in [1.82, 2.24) is 10.2 Å². The Bertz CT molecular complexity index is 428. The standard InChI is InChI=1S/C14H19BrN2O/c15-12-9-11(3-4-13(12)18)14(10-1-2-10)17-7-5-16-6-8-17/h3-4,9-10,14,16,18H,1-2,5-8H2/t14-/m1/s1. The molecule has 1 saturated heterocycles. The van der Waals surface area contributed by atoms with Gasteiger partial charge in [-0.1, -0.05) is 6.07 Å². The van der Waals surface area contributed by atoms with Crippen LogP contribution in [0, 0.1) is 5.92 Å². The van der Waals surface area contributed by atoms with E-state index in [-0.39, 0.29) is 0 Å². The van der Waals surface area contributed by atoms with Crippen LogP contribution in [0.3, 0.4) is 0 Å². The minimum atomic E-state index is 0.327. The quantitative estimate of drug-likeness (QED) is 0.900. The second-order valence-electron chi connectivity index (χ2n) is 5.28. The van der Waals surface area contributed by atoms with Crippen LogP contribution in [0.5, 0.6) is 5.75 Å². The van der Waals surface area contributed by atoms with E-state index in [1.807, 2.05) is 0 Å². The summed E-state index contributed by atoms with van der Waals surface area (Å²) >= 11 is 3.43. The summed E-state index contributed by atoms with van der Waals surface area (Å²) in [5.74, 6) is 1.13. The van der Waals surface area contributed by atoms with E-state index in [0.29, 0.717) is 11.8 Å². The number of hydrogen-bond donors (Lipinski definition) is 2. The molecule has 0 aromatic heterocycles. The number of nitrogens with zero attached hydrogens (tertiary/aromatic N) is 1. The summed E-state index contributed by atoms with van der Waals surface area (Å²) in [7, 11) is 0. The molecule has 3 rings (SSSR count). The Balaban J connectivity index is 1.85. The van der Waals surface area contributed by atoms with E-state index in [1.54, 1.807) is 6.07 Å². The smallest absolute Gasteiger partial charge is 0.129 e. The van der Waals surface area contributed by atoms with Crippen LogP contribution in [0.4, 0.5) is 0 Å². The summed E-state index contributed by atoms with van der Waals surface area (Å²) in [5.41, 5.74) is 1.34. The molecule has 98 valence electrons. The summed E-state index contributed by atoms with van der Waals surface area (Å²) < 4.78 is 0.806. The fourth-order valence-corrected chi connectivity index (χ4v) is 3.26. The number of nitrogens with one attached hydrogen (secondary N) is 1. The maximum absolute atomic E-state index is 9.62. The zero-order valence-corrected chi connectivity index (χ0v) is 12.0. The molecule has 1 aliphatic carbocycles. The zero-order chi connectivity index (χ0) is 12.5. The molecule has 3 nitrogen and oxygen atoms in total. The average molecular weight is 311 g/mol. The van der Waals surface area contributed by atoms with E-state index in [0.717, 1.165) is 36.6 Å². The molecule has 2 fully saturated rings. The summed E-state index contributed by atoms with van der Waals surface area (Å²) in [6.07, 6.45) is 2.68. The average Bonchev–Trinajstić information content (AvgIpc) is 3.20. The lowest BCUT2D eigenvalue weighted by molar-refractivity contribution is 0.156. The Morgan fingerprint density at radius 1 is 1.28 bits per heavy atom. The van der Waals surface area contributed by atoms with Crippen molar-refractivity contribution in [3.63, 3.8) is 0 Å². The number of halogens is 1. The largest absolute Gasteiger partial charge is 0.507 e. The van der Waals surface area contributed by atoms with Crippen LogP contribution < -0.4 is 5.32 Å². The molecule has 0 bridgehead atoms. The highest BCUT2D eigenvalue weighted by atomic mass is 79.9. The SMILES string of the molecule is Oc1ccc([C@@H](C2CC2)N2CCNCC2)cc1Br. The Morgan fingerprint density at radius 2 is 2.00 bits per heavy atom. The van der Waals surface area contributed by atoms with Gasteiger partial charge in [-0.3, -0.25) is 4.90 Å². The predicted octanol–water partition coefficient (Wildman–Crippen LogP) is 2.51. The Labute approximate surface area is 116 Å². The van der Waals surface area contributed by atoms with Crippen LogP contribution in [0.1, 0.15) is 24.4 Å². The van der Waals surface area contributed by atoms with Gasteiger partial charge in [0.1, 0.15) is 5.75 Å². The molecule has 0 amide bonds. The molecule has 1 aliphatic heterocycles. The molecule has 1 heterocycles. The van der Waals surface area contributed by atoms with Gasteiger partial charge in [-0.2, -0.15) is 0 Å². The minimum Gasteiger partial charge on any atom is -0.507 e. The van der Waals surface area contributed by atoms with Crippen LogP contribution >= 0.6 is 15.9 Å². The number of piperazine rings is 1. The van der Waals surface area contributed by atoms with Crippen molar-refractivity contribution < 1.29 is 5.11 Å². The van der Waals surface area contributed by atoms with Crippen molar-refractivity contribution in [2.75, 3.05) is 26.2 Å². The Hall–Kier alpha value is -0.580. The number of phenolic OH excluding ortho intramolecular Hbond substituents is 1. The number of benzene rings is 1. The second kappa shape index (κ2) is 5.19. The van der Waals surface area contributed by atoms with Gasteiger partial charge in [0, 0.05) is 32.2 Å². The lowest BCUT2D eigenvalue weighted by Crippen LogP contribution is -2.45. The van der Waals surface area contributed by atoms with Crippen molar-refractivity contribution in [2.45, 2.75) is 18.9 Å². The highest BCUT2D eigenvalue weighted by molar-refractivity contribution is 9.10. The van der Waals surface area contributed by atoms with E-state index in [9.17, 15) is 5.11 Å². The van der Waals surface area contributed by atoms with Gasteiger partial charge in [-0.15, -0.1) is 0 Å². The van der Waals surface area contributed by atoms with E-state index < -0.39 is 0 Å². The molecule has 18 heavy (non-hydrogen) atoms. The van der Waals surface area contributed by atoms with Gasteiger partial charge in [0.25, 0.3) is 0 Å². The van der Waals surface area contributed by atoms with Crippen LogP contribution in [-0.4, -0.2) is 36.2 Å².